The predicted octanol–water partition coefficient (Wildman–Crippen LogP) is -1.15. The van der Waals surface area contributed by atoms with Crippen molar-refractivity contribution in [2.75, 3.05) is 13.2 Å². The summed E-state index contributed by atoms with van der Waals surface area (Å²) in [6, 6.07) is 0. The summed E-state index contributed by atoms with van der Waals surface area (Å²) in [5.41, 5.74) is 0. The summed E-state index contributed by atoms with van der Waals surface area (Å²) in [7, 11) is 0. The van der Waals surface area contributed by atoms with Crippen LogP contribution in [0, 0.1) is 0 Å². The van der Waals surface area contributed by atoms with Crippen molar-refractivity contribution in [3.05, 3.63) is 0 Å². The van der Waals surface area contributed by atoms with E-state index in [0.717, 1.165) is 6.42 Å². The summed E-state index contributed by atoms with van der Waals surface area (Å²) in [5, 5.41) is 27.5. The Bertz CT molecular complexity index is 151. The van der Waals surface area contributed by atoms with Gasteiger partial charge in [-0.25, -0.2) is 0 Å². The molecule has 1 fully saturated rings. The van der Waals surface area contributed by atoms with Gasteiger partial charge in [0.1, 0.15) is 18.3 Å². The van der Waals surface area contributed by atoms with Crippen LogP contribution in [0.25, 0.3) is 0 Å². The summed E-state index contributed by atoms with van der Waals surface area (Å²) < 4.78 is 10.0. The average molecular weight is 192 g/mol. The first-order chi connectivity index (χ1) is 6.20. The molecule has 4 atom stereocenters. The Labute approximate surface area is 76.9 Å². The SMILES string of the molecule is CCCO[C@@H]1[C@@H](O)[C@H](CO)O[C@H]1O. The summed E-state index contributed by atoms with van der Waals surface area (Å²) in [5.74, 6) is 0. The molecule has 0 aliphatic carbocycles. The second-order valence-corrected chi connectivity index (χ2v) is 3.07. The first kappa shape index (κ1) is 10.9. The van der Waals surface area contributed by atoms with E-state index in [9.17, 15) is 10.2 Å². The molecule has 1 saturated heterocycles. The molecule has 5 nitrogen and oxygen atoms in total. The highest BCUT2D eigenvalue weighted by molar-refractivity contribution is 4.86. The van der Waals surface area contributed by atoms with E-state index in [4.69, 9.17) is 14.6 Å². The van der Waals surface area contributed by atoms with Gasteiger partial charge in [0, 0.05) is 6.61 Å². The standard InChI is InChI=1S/C8H16O5/c1-2-3-12-7-6(10)5(4-9)13-8(7)11/h5-11H,2-4H2,1H3/t5-,6-,7+,8+/m0/s1. The van der Waals surface area contributed by atoms with Crippen LogP contribution in [0.1, 0.15) is 13.3 Å². The van der Waals surface area contributed by atoms with E-state index in [1.54, 1.807) is 0 Å². The van der Waals surface area contributed by atoms with E-state index < -0.39 is 24.6 Å². The van der Waals surface area contributed by atoms with Crippen molar-refractivity contribution in [3.8, 4) is 0 Å². The molecule has 0 saturated carbocycles. The lowest BCUT2D eigenvalue weighted by molar-refractivity contribution is -0.147. The molecule has 0 unspecified atom stereocenters. The third-order valence-electron chi connectivity index (χ3n) is 2.01. The Hall–Kier alpha value is -0.200. The van der Waals surface area contributed by atoms with Crippen molar-refractivity contribution >= 4 is 0 Å². The molecule has 1 aliphatic rings. The van der Waals surface area contributed by atoms with Gasteiger partial charge >= 0.3 is 0 Å². The van der Waals surface area contributed by atoms with Gasteiger partial charge in [0.05, 0.1) is 6.61 Å². The molecule has 78 valence electrons. The largest absolute Gasteiger partial charge is 0.394 e. The average Bonchev–Trinajstić information content (AvgIpc) is 2.39. The van der Waals surface area contributed by atoms with E-state index in [1.807, 2.05) is 6.92 Å². The van der Waals surface area contributed by atoms with Gasteiger partial charge in [-0.2, -0.15) is 0 Å². The Morgan fingerprint density at radius 1 is 1.38 bits per heavy atom. The van der Waals surface area contributed by atoms with Crippen molar-refractivity contribution in [3.63, 3.8) is 0 Å². The van der Waals surface area contributed by atoms with Gasteiger partial charge < -0.3 is 24.8 Å². The molecule has 0 aromatic heterocycles. The van der Waals surface area contributed by atoms with Crippen LogP contribution in [0.3, 0.4) is 0 Å². The van der Waals surface area contributed by atoms with Crippen LogP contribution in [0.5, 0.6) is 0 Å². The predicted molar refractivity (Wildman–Crippen MR) is 44.0 cm³/mol. The van der Waals surface area contributed by atoms with Crippen LogP contribution in [-0.4, -0.2) is 53.1 Å². The maximum Gasteiger partial charge on any atom is 0.184 e. The number of ether oxygens (including phenoxy) is 2. The molecule has 0 aromatic rings. The number of hydrogen-bond acceptors (Lipinski definition) is 5. The Morgan fingerprint density at radius 2 is 2.08 bits per heavy atom. The highest BCUT2D eigenvalue weighted by atomic mass is 16.7. The van der Waals surface area contributed by atoms with Crippen molar-refractivity contribution < 1.29 is 24.8 Å². The van der Waals surface area contributed by atoms with Gasteiger partial charge in [-0.05, 0) is 6.42 Å². The molecule has 13 heavy (non-hydrogen) atoms. The fourth-order valence-corrected chi connectivity index (χ4v) is 1.30. The van der Waals surface area contributed by atoms with E-state index in [0.29, 0.717) is 6.61 Å². The van der Waals surface area contributed by atoms with Gasteiger partial charge in [0.2, 0.25) is 0 Å². The number of rotatable bonds is 4. The Kier molecular flexibility index (Phi) is 4.08. The van der Waals surface area contributed by atoms with Crippen LogP contribution < -0.4 is 0 Å². The fraction of sp³-hybridized carbons (Fsp3) is 1.00. The van der Waals surface area contributed by atoms with Gasteiger partial charge in [0.15, 0.2) is 6.29 Å². The molecular weight excluding hydrogens is 176 g/mol. The zero-order chi connectivity index (χ0) is 9.84. The molecule has 3 N–H and O–H groups in total. The van der Waals surface area contributed by atoms with Crippen molar-refractivity contribution in [2.45, 2.75) is 37.9 Å². The van der Waals surface area contributed by atoms with E-state index in [2.05, 4.69) is 0 Å². The smallest absolute Gasteiger partial charge is 0.184 e. The highest BCUT2D eigenvalue weighted by Gasteiger charge is 2.43. The minimum atomic E-state index is -1.14. The normalized spacial score (nSPS) is 39.7. The van der Waals surface area contributed by atoms with E-state index in [-0.39, 0.29) is 6.61 Å². The first-order valence-corrected chi connectivity index (χ1v) is 4.44. The minimum Gasteiger partial charge on any atom is -0.394 e. The lowest BCUT2D eigenvalue weighted by Gasteiger charge is -2.16. The second-order valence-electron chi connectivity index (χ2n) is 3.07. The molecule has 0 amide bonds. The molecule has 5 heteroatoms. The molecule has 0 aromatic carbocycles. The molecule has 0 spiro atoms. The lowest BCUT2D eigenvalue weighted by atomic mass is 10.1. The number of aliphatic hydroxyl groups excluding tert-OH is 3. The summed E-state index contributed by atoms with van der Waals surface area (Å²) in [6.07, 6.45) is -2.76. The van der Waals surface area contributed by atoms with Gasteiger partial charge in [0.25, 0.3) is 0 Å². The maximum absolute atomic E-state index is 9.48. The first-order valence-electron chi connectivity index (χ1n) is 4.44. The van der Waals surface area contributed by atoms with Gasteiger partial charge in [-0.3, -0.25) is 0 Å². The summed E-state index contributed by atoms with van der Waals surface area (Å²) >= 11 is 0. The van der Waals surface area contributed by atoms with Crippen LogP contribution in [0.2, 0.25) is 0 Å². The lowest BCUT2D eigenvalue weighted by Crippen LogP contribution is -2.36. The topological polar surface area (TPSA) is 79.2 Å². The Morgan fingerprint density at radius 3 is 2.54 bits per heavy atom. The van der Waals surface area contributed by atoms with Crippen molar-refractivity contribution in [1.29, 1.82) is 0 Å². The minimum absolute atomic E-state index is 0.315. The van der Waals surface area contributed by atoms with Crippen LogP contribution in [0.15, 0.2) is 0 Å². The maximum atomic E-state index is 9.48. The van der Waals surface area contributed by atoms with Crippen LogP contribution >= 0.6 is 0 Å². The number of hydrogen-bond donors (Lipinski definition) is 3. The van der Waals surface area contributed by atoms with E-state index in [1.165, 1.54) is 0 Å². The van der Waals surface area contributed by atoms with E-state index >= 15 is 0 Å². The summed E-state index contributed by atoms with van der Waals surface area (Å²) in [6.45, 7) is 2.07. The molecule has 1 heterocycles. The number of aliphatic hydroxyl groups is 3. The Balaban J connectivity index is 2.44. The molecule has 0 radical (unpaired) electrons. The zero-order valence-corrected chi connectivity index (χ0v) is 7.59. The summed E-state index contributed by atoms with van der Waals surface area (Å²) in [4.78, 5) is 0. The van der Waals surface area contributed by atoms with Gasteiger partial charge in [-0.15, -0.1) is 0 Å². The van der Waals surface area contributed by atoms with Crippen molar-refractivity contribution in [2.24, 2.45) is 0 Å². The van der Waals surface area contributed by atoms with Crippen LogP contribution in [0.4, 0.5) is 0 Å². The van der Waals surface area contributed by atoms with Crippen molar-refractivity contribution in [1.82, 2.24) is 0 Å². The molecule has 0 bridgehead atoms. The quantitative estimate of drug-likeness (QED) is 0.524. The van der Waals surface area contributed by atoms with Gasteiger partial charge in [-0.1, -0.05) is 6.92 Å². The third kappa shape index (κ3) is 2.38. The zero-order valence-electron chi connectivity index (χ0n) is 7.59. The second kappa shape index (κ2) is 4.88. The molecule has 1 aliphatic heterocycles. The fourth-order valence-electron chi connectivity index (χ4n) is 1.30. The van der Waals surface area contributed by atoms with Crippen LogP contribution in [-0.2, 0) is 9.47 Å². The highest BCUT2D eigenvalue weighted by Crippen LogP contribution is 2.22. The molecular formula is C8H16O5. The third-order valence-corrected chi connectivity index (χ3v) is 2.01. The monoisotopic (exact) mass is 192 g/mol. The molecule has 1 rings (SSSR count).